The molecule has 0 unspecified atom stereocenters. The van der Waals surface area contributed by atoms with Gasteiger partial charge in [-0.25, -0.2) is 8.42 Å². The number of aryl methyl sites for hydroxylation is 1. The standard InChI is InChI=1S/C15H20N2O2S/c1-3-4-9-17(14-6-7-14)20(18,19)15-8-5-13(11-16)12(2)10-15/h5,8,10,14H,3-4,6-7,9H2,1-2H3. The minimum atomic E-state index is -3.43. The van der Waals surface area contributed by atoms with Crippen LogP contribution < -0.4 is 0 Å². The van der Waals surface area contributed by atoms with Crippen molar-refractivity contribution in [1.29, 1.82) is 5.26 Å². The lowest BCUT2D eigenvalue weighted by Gasteiger charge is -2.22. The Bertz CT molecular complexity index is 628. The van der Waals surface area contributed by atoms with Crippen molar-refractivity contribution in [2.24, 2.45) is 0 Å². The molecule has 20 heavy (non-hydrogen) atoms. The van der Waals surface area contributed by atoms with Gasteiger partial charge in [-0.3, -0.25) is 0 Å². The van der Waals surface area contributed by atoms with Gasteiger partial charge >= 0.3 is 0 Å². The molecule has 0 radical (unpaired) electrons. The smallest absolute Gasteiger partial charge is 0.207 e. The molecule has 1 aliphatic carbocycles. The van der Waals surface area contributed by atoms with Crippen LogP contribution in [0, 0.1) is 18.3 Å². The SMILES string of the molecule is CCCCN(C1CC1)S(=O)(=O)c1ccc(C#N)c(C)c1. The maximum Gasteiger partial charge on any atom is 0.243 e. The van der Waals surface area contributed by atoms with Gasteiger partial charge in [-0.1, -0.05) is 13.3 Å². The Hall–Kier alpha value is -1.38. The first kappa shape index (κ1) is 15.0. The first-order valence-electron chi connectivity index (χ1n) is 7.03. The summed E-state index contributed by atoms with van der Waals surface area (Å²) in [5.74, 6) is 0. The van der Waals surface area contributed by atoms with Gasteiger partial charge in [-0.05, 0) is 49.9 Å². The Morgan fingerprint density at radius 3 is 2.60 bits per heavy atom. The zero-order valence-electron chi connectivity index (χ0n) is 12.0. The van der Waals surface area contributed by atoms with E-state index in [4.69, 9.17) is 5.26 Å². The topological polar surface area (TPSA) is 61.2 Å². The molecule has 1 aromatic rings. The van der Waals surface area contributed by atoms with Gasteiger partial charge in [0.1, 0.15) is 0 Å². The van der Waals surface area contributed by atoms with Crippen LogP contribution >= 0.6 is 0 Å². The Morgan fingerprint density at radius 1 is 1.40 bits per heavy atom. The molecule has 1 saturated carbocycles. The summed E-state index contributed by atoms with van der Waals surface area (Å²) in [4.78, 5) is 0.303. The maximum atomic E-state index is 12.7. The highest BCUT2D eigenvalue weighted by atomic mass is 32.2. The molecule has 0 atom stereocenters. The van der Waals surface area contributed by atoms with Crippen LogP contribution in [0.15, 0.2) is 23.1 Å². The van der Waals surface area contributed by atoms with E-state index in [0.717, 1.165) is 25.7 Å². The molecule has 1 fully saturated rings. The minimum Gasteiger partial charge on any atom is -0.207 e. The van der Waals surface area contributed by atoms with Crippen LogP contribution in [0.2, 0.25) is 0 Å². The summed E-state index contributed by atoms with van der Waals surface area (Å²) in [6.07, 6.45) is 3.77. The van der Waals surface area contributed by atoms with Crippen molar-refractivity contribution in [3.63, 3.8) is 0 Å². The fraction of sp³-hybridized carbons (Fsp3) is 0.533. The second kappa shape index (κ2) is 5.94. The molecule has 0 amide bonds. The van der Waals surface area contributed by atoms with Crippen molar-refractivity contribution in [2.45, 2.75) is 50.5 Å². The number of benzene rings is 1. The van der Waals surface area contributed by atoms with Crippen LogP contribution in [0.4, 0.5) is 0 Å². The Balaban J connectivity index is 2.32. The van der Waals surface area contributed by atoms with Gasteiger partial charge in [-0.2, -0.15) is 9.57 Å². The van der Waals surface area contributed by atoms with Gasteiger partial charge in [0.25, 0.3) is 0 Å². The number of hydrogen-bond acceptors (Lipinski definition) is 3. The molecule has 0 N–H and O–H groups in total. The van der Waals surface area contributed by atoms with Crippen molar-refractivity contribution < 1.29 is 8.42 Å². The van der Waals surface area contributed by atoms with Crippen LogP contribution in [0.3, 0.4) is 0 Å². The van der Waals surface area contributed by atoms with Crippen LogP contribution in [-0.4, -0.2) is 25.3 Å². The molecule has 5 heteroatoms. The zero-order chi connectivity index (χ0) is 14.8. The van der Waals surface area contributed by atoms with Gasteiger partial charge in [0.15, 0.2) is 0 Å². The summed E-state index contributed by atoms with van der Waals surface area (Å²) in [6, 6.07) is 6.97. The third kappa shape index (κ3) is 3.02. The van der Waals surface area contributed by atoms with E-state index in [0.29, 0.717) is 22.6 Å². The second-order valence-electron chi connectivity index (χ2n) is 5.29. The Morgan fingerprint density at radius 2 is 2.10 bits per heavy atom. The average Bonchev–Trinajstić information content (AvgIpc) is 3.23. The molecule has 2 rings (SSSR count). The monoisotopic (exact) mass is 292 g/mol. The summed E-state index contributed by atoms with van der Waals surface area (Å²) in [6.45, 7) is 4.41. The van der Waals surface area contributed by atoms with E-state index < -0.39 is 10.0 Å². The highest BCUT2D eigenvalue weighted by Crippen LogP contribution is 2.32. The van der Waals surface area contributed by atoms with Gasteiger partial charge in [0, 0.05) is 12.6 Å². The predicted octanol–water partition coefficient (Wildman–Crippen LogP) is 2.82. The van der Waals surface area contributed by atoms with Gasteiger partial charge in [0.2, 0.25) is 10.0 Å². The molecular weight excluding hydrogens is 272 g/mol. The quantitative estimate of drug-likeness (QED) is 0.810. The highest BCUT2D eigenvalue weighted by molar-refractivity contribution is 7.89. The number of sulfonamides is 1. The van der Waals surface area contributed by atoms with Crippen molar-refractivity contribution in [1.82, 2.24) is 4.31 Å². The van der Waals surface area contributed by atoms with Gasteiger partial charge in [0.05, 0.1) is 16.5 Å². The number of nitrogens with zero attached hydrogens (tertiary/aromatic N) is 2. The van der Waals surface area contributed by atoms with E-state index in [2.05, 4.69) is 13.0 Å². The Labute approximate surface area is 121 Å². The van der Waals surface area contributed by atoms with E-state index in [1.54, 1.807) is 29.4 Å². The number of nitriles is 1. The molecule has 0 saturated heterocycles. The van der Waals surface area contributed by atoms with E-state index in [9.17, 15) is 8.42 Å². The average molecular weight is 292 g/mol. The lowest BCUT2D eigenvalue weighted by atomic mass is 10.1. The molecule has 0 aliphatic heterocycles. The van der Waals surface area contributed by atoms with Crippen molar-refractivity contribution in [2.75, 3.05) is 6.54 Å². The number of unbranched alkanes of at least 4 members (excludes halogenated alkanes) is 1. The molecule has 0 bridgehead atoms. The lowest BCUT2D eigenvalue weighted by molar-refractivity contribution is 0.395. The zero-order valence-corrected chi connectivity index (χ0v) is 12.8. The molecule has 1 aliphatic rings. The van der Waals surface area contributed by atoms with E-state index in [1.807, 2.05) is 0 Å². The van der Waals surface area contributed by atoms with Crippen LogP contribution in [0.5, 0.6) is 0 Å². The van der Waals surface area contributed by atoms with E-state index in [-0.39, 0.29) is 6.04 Å². The minimum absolute atomic E-state index is 0.169. The molecule has 4 nitrogen and oxygen atoms in total. The fourth-order valence-corrected chi connectivity index (χ4v) is 4.04. The second-order valence-corrected chi connectivity index (χ2v) is 7.18. The third-order valence-corrected chi connectivity index (χ3v) is 5.56. The molecule has 0 spiro atoms. The first-order valence-corrected chi connectivity index (χ1v) is 8.47. The molecular formula is C15H20N2O2S. The highest BCUT2D eigenvalue weighted by Gasteiger charge is 2.37. The summed E-state index contributed by atoms with van der Waals surface area (Å²) >= 11 is 0. The summed E-state index contributed by atoms with van der Waals surface area (Å²) in [5, 5.41) is 8.93. The van der Waals surface area contributed by atoms with E-state index in [1.165, 1.54) is 0 Å². The molecule has 0 aromatic heterocycles. The van der Waals surface area contributed by atoms with Crippen LogP contribution in [-0.2, 0) is 10.0 Å². The van der Waals surface area contributed by atoms with E-state index >= 15 is 0 Å². The maximum absolute atomic E-state index is 12.7. The van der Waals surface area contributed by atoms with Crippen molar-refractivity contribution in [3.05, 3.63) is 29.3 Å². The summed E-state index contributed by atoms with van der Waals surface area (Å²) in [7, 11) is -3.43. The normalized spacial score (nSPS) is 15.3. The van der Waals surface area contributed by atoms with Crippen LogP contribution in [0.1, 0.15) is 43.7 Å². The van der Waals surface area contributed by atoms with Crippen molar-refractivity contribution >= 4 is 10.0 Å². The molecule has 0 heterocycles. The number of rotatable bonds is 6. The largest absolute Gasteiger partial charge is 0.243 e. The van der Waals surface area contributed by atoms with Gasteiger partial charge < -0.3 is 0 Å². The third-order valence-electron chi connectivity index (χ3n) is 3.61. The number of hydrogen-bond donors (Lipinski definition) is 0. The fourth-order valence-electron chi connectivity index (χ4n) is 2.23. The lowest BCUT2D eigenvalue weighted by Crippen LogP contribution is -2.34. The van der Waals surface area contributed by atoms with Crippen LogP contribution in [0.25, 0.3) is 0 Å². The summed E-state index contributed by atoms with van der Waals surface area (Å²) in [5.41, 5.74) is 1.23. The summed E-state index contributed by atoms with van der Waals surface area (Å²) < 4.78 is 27.1. The predicted molar refractivity (Wildman–Crippen MR) is 77.7 cm³/mol. The molecule has 108 valence electrons. The molecule has 1 aromatic carbocycles. The first-order chi connectivity index (χ1) is 9.50. The Kier molecular flexibility index (Phi) is 4.46. The van der Waals surface area contributed by atoms with Gasteiger partial charge in [-0.15, -0.1) is 0 Å². The van der Waals surface area contributed by atoms with Crippen molar-refractivity contribution in [3.8, 4) is 6.07 Å².